The first-order chi connectivity index (χ1) is 6.25. The summed E-state index contributed by atoms with van der Waals surface area (Å²) in [6.45, 7) is 1.95. The predicted octanol–water partition coefficient (Wildman–Crippen LogP) is 2.24. The largest absolute Gasteiger partial charge is 0.388 e. The van der Waals surface area contributed by atoms with Crippen LogP contribution in [-0.4, -0.2) is 10.9 Å². The van der Waals surface area contributed by atoms with Gasteiger partial charge in [-0.3, -0.25) is 0 Å². The monoisotopic (exact) mass is 193 g/mol. The third-order valence-corrected chi connectivity index (χ3v) is 2.46. The molecule has 0 aliphatic rings. The van der Waals surface area contributed by atoms with Crippen molar-refractivity contribution in [1.82, 2.24) is 0 Å². The van der Waals surface area contributed by atoms with Gasteiger partial charge in [-0.2, -0.15) is 5.26 Å². The van der Waals surface area contributed by atoms with E-state index in [0.717, 1.165) is 22.9 Å². The summed E-state index contributed by atoms with van der Waals surface area (Å²) in [7, 11) is 0. The van der Waals surface area contributed by atoms with Crippen LogP contribution in [0.2, 0.25) is 0 Å². The number of nitriles is 1. The molecular formula is C10H11NOS. The van der Waals surface area contributed by atoms with Crippen molar-refractivity contribution in [2.45, 2.75) is 13.0 Å². The van der Waals surface area contributed by atoms with Crippen LogP contribution in [0.15, 0.2) is 24.3 Å². The van der Waals surface area contributed by atoms with Crippen LogP contribution in [0.4, 0.5) is 0 Å². The van der Waals surface area contributed by atoms with Gasteiger partial charge in [0.2, 0.25) is 0 Å². The van der Waals surface area contributed by atoms with E-state index in [1.54, 1.807) is 0 Å². The van der Waals surface area contributed by atoms with Crippen LogP contribution >= 0.6 is 11.8 Å². The summed E-state index contributed by atoms with van der Waals surface area (Å²) in [5.41, 5.74) is 1.97. The maximum atomic E-state index is 9.66. The van der Waals surface area contributed by atoms with Crippen LogP contribution < -0.4 is 0 Å². The lowest BCUT2D eigenvalue weighted by atomic mass is 10.1. The van der Waals surface area contributed by atoms with E-state index < -0.39 is 6.10 Å². The summed E-state index contributed by atoms with van der Waals surface area (Å²) in [5.74, 6) is 0.432. The molecule has 0 radical (unpaired) electrons. The molecule has 68 valence electrons. The lowest BCUT2D eigenvalue weighted by Crippen LogP contribution is -2.01. The van der Waals surface area contributed by atoms with Crippen LogP contribution in [0.5, 0.6) is 0 Å². The molecule has 0 amide bonds. The fourth-order valence-electron chi connectivity index (χ4n) is 1.17. The smallest absolute Gasteiger partial charge is 0.133 e. The molecule has 1 aromatic carbocycles. The Kier molecular flexibility index (Phi) is 3.81. The lowest BCUT2D eigenvalue weighted by molar-refractivity contribution is 0.203. The summed E-state index contributed by atoms with van der Waals surface area (Å²) in [5, 5.41) is 19.9. The number of thiocyanates is 1. The maximum Gasteiger partial charge on any atom is 0.133 e. The summed E-state index contributed by atoms with van der Waals surface area (Å²) >= 11 is 1.08. The molecule has 1 unspecified atom stereocenters. The van der Waals surface area contributed by atoms with Gasteiger partial charge < -0.3 is 5.11 Å². The molecule has 1 N–H and O–H groups in total. The first-order valence-corrected chi connectivity index (χ1v) is 4.98. The molecule has 1 atom stereocenters. The molecule has 0 saturated carbocycles. The zero-order valence-corrected chi connectivity index (χ0v) is 8.21. The number of aryl methyl sites for hydroxylation is 1. The Morgan fingerprint density at radius 2 is 2.23 bits per heavy atom. The predicted molar refractivity (Wildman–Crippen MR) is 54.2 cm³/mol. The van der Waals surface area contributed by atoms with Crippen LogP contribution in [0, 0.1) is 17.6 Å². The van der Waals surface area contributed by atoms with E-state index in [0.29, 0.717) is 5.75 Å². The zero-order valence-electron chi connectivity index (χ0n) is 7.40. The number of hydrogen-bond acceptors (Lipinski definition) is 3. The zero-order chi connectivity index (χ0) is 9.68. The number of benzene rings is 1. The van der Waals surface area contributed by atoms with Crippen LogP contribution in [0.25, 0.3) is 0 Å². The Balaban J connectivity index is 2.72. The van der Waals surface area contributed by atoms with Gasteiger partial charge in [-0.15, -0.1) is 0 Å². The Hall–Kier alpha value is -0.980. The molecular weight excluding hydrogens is 182 g/mol. The number of hydrogen-bond donors (Lipinski definition) is 1. The minimum absolute atomic E-state index is 0.432. The summed E-state index contributed by atoms with van der Waals surface area (Å²) in [4.78, 5) is 0. The SMILES string of the molecule is Cc1ccccc1C(O)CSC#N. The number of aliphatic hydroxyl groups is 1. The molecule has 0 aromatic heterocycles. The highest BCUT2D eigenvalue weighted by Gasteiger charge is 2.08. The van der Waals surface area contributed by atoms with Crippen molar-refractivity contribution < 1.29 is 5.11 Å². The first kappa shape index (κ1) is 10.1. The molecule has 0 bridgehead atoms. The molecule has 0 fully saturated rings. The quantitative estimate of drug-likeness (QED) is 0.749. The van der Waals surface area contributed by atoms with Gasteiger partial charge in [-0.05, 0) is 29.8 Å². The second-order valence-electron chi connectivity index (χ2n) is 2.77. The molecule has 0 spiro atoms. The van der Waals surface area contributed by atoms with E-state index in [-0.39, 0.29) is 0 Å². The Labute approximate surface area is 82.2 Å². The van der Waals surface area contributed by atoms with Gasteiger partial charge >= 0.3 is 0 Å². The first-order valence-electron chi connectivity index (χ1n) is 4.00. The highest BCUT2D eigenvalue weighted by molar-refractivity contribution is 8.03. The highest BCUT2D eigenvalue weighted by Crippen LogP contribution is 2.20. The second-order valence-corrected chi connectivity index (χ2v) is 3.58. The molecule has 3 heteroatoms. The molecule has 0 aliphatic heterocycles. The van der Waals surface area contributed by atoms with Crippen molar-refractivity contribution in [1.29, 1.82) is 5.26 Å². The van der Waals surface area contributed by atoms with E-state index >= 15 is 0 Å². The van der Waals surface area contributed by atoms with Gasteiger partial charge in [-0.25, -0.2) is 0 Å². The molecule has 1 aromatic rings. The normalized spacial score (nSPS) is 12.1. The Morgan fingerprint density at radius 1 is 1.54 bits per heavy atom. The fraction of sp³-hybridized carbons (Fsp3) is 0.300. The van der Waals surface area contributed by atoms with Gasteiger partial charge in [0, 0.05) is 5.75 Å². The maximum absolute atomic E-state index is 9.66. The van der Waals surface area contributed by atoms with E-state index in [1.165, 1.54) is 0 Å². The number of rotatable bonds is 3. The minimum Gasteiger partial charge on any atom is -0.388 e. The molecule has 0 saturated heterocycles. The average Bonchev–Trinajstić information content (AvgIpc) is 2.15. The van der Waals surface area contributed by atoms with Crippen molar-refractivity contribution in [3.63, 3.8) is 0 Å². The third-order valence-electron chi connectivity index (χ3n) is 1.85. The number of nitrogens with zero attached hydrogens (tertiary/aromatic N) is 1. The number of thioether (sulfide) groups is 1. The Bertz CT molecular complexity index is 319. The van der Waals surface area contributed by atoms with Crippen molar-refractivity contribution >= 4 is 11.8 Å². The summed E-state index contributed by atoms with van der Waals surface area (Å²) < 4.78 is 0. The third kappa shape index (κ3) is 2.76. The van der Waals surface area contributed by atoms with Crippen molar-refractivity contribution in [2.24, 2.45) is 0 Å². The average molecular weight is 193 g/mol. The van der Waals surface area contributed by atoms with E-state index in [4.69, 9.17) is 5.26 Å². The minimum atomic E-state index is -0.536. The van der Waals surface area contributed by atoms with Crippen molar-refractivity contribution in [3.05, 3.63) is 35.4 Å². The van der Waals surface area contributed by atoms with Gasteiger partial charge in [0.25, 0.3) is 0 Å². The molecule has 2 nitrogen and oxygen atoms in total. The molecule has 1 rings (SSSR count). The molecule has 13 heavy (non-hydrogen) atoms. The van der Waals surface area contributed by atoms with Crippen LogP contribution in [-0.2, 0) is 0 Å². The van der Waals surface area contributed by atoms with E-state index in [1.807, 2.05) is 36.6 Å². The molecule has 0 aliphatic carbocycles. The van der Waals surface area contributed by atoms with Gasteiger partial charge in [-0.1, -0.05) is 24.3 Å². The lowest BCUT2D eigenvalue weighted by Gasteiger charge is -2.10. The van der Waals surface area contributed by atoms with E-state index in [9.17, 15) is 5.11 Å². The second kappa shape index (κ2) is 4.90. The van der Waals surface area contributed by atoms with Crippen LogP contribution in [0.1, 0.15) is 17.2 Å². The van der Waals surface area contributed by atoms with Crippen LogP contribution in [0.3, 0.4) is 0 Å². The highest BCUT2D eigenvalue weighted by atomic mass is 32.2. The van der Waals surface area contributed by atoms with E-state index in [2.05, 4.69) is 0 Å². The van der Waals surface area contributed by atoms with Gasteiger partial charge in [0.1, 0.15) is 5.40 Å². The summed E-state index contributed by atoms with van der Waals surface area (Å²) in [6.07, 6.45) is -0.536. The van der Waals surface area contributed by atoms with Gasteiger partial charge in [0.05, 0.1) is 6.10 Å². The summed E-state index contributed by atoms with van der Waals surface area (Å²) in [6, 6.07) is 7.67. The van der Waals surface area contributed by atoms with Crippen molar-refractivity contribution in [3.8, 4) is 5.40 Å². The Morgan fingerprint density at radius 3 is 2.85 bits per heavy atom. The van der Waals surface area contributed by atoms with Crippen molar-refractivity contribution in [2.75, 3.05) is 5.75 Å². The fourth-order valence-corrected chi connectivity index (χ4v) is 1.58. The molecule has 0 heterocycles. The topological polar surface area (TPSA) is 44.0 Å². The van der Waals surface area contributed by atoms with Gasteiger partial charge in [0.15, 0.2) is 0 Å². The standard InChI is InChI=1S/C10H11NOS/c1-8-4-2-3-5-9(8)10(12)6-13-7-11/h2-5,10,12H,6H2,1H3. The number of aliphatic hydroxyl groups excluding tert-OH is 1.